The monoisotopic (exact) mass is 213 g/mol. The van der Waals surface area contributed by atoms with Gasteiger partial charge in [-0.15, -0.1) is 0 Å². The molecule has 0 saturated heterocycles. The first-order valence-corrected chi connectivity index (χ1v) is 5.25. The minimum Gasteiger partial charge on any atom is -0.397 e. The van der Waals surface area contributed by atoms with Gasteiger partial charge < -0.3 is 11.1 Å². The van der Waals surface area contributed by atoms with Crippen LogP contribution in [-0.2, 0) is 6.54 Å². The van der Waals surface area contributed by atoms with Crippen molar-refractivity contribution < 1.29 is 0 Å². The molecular formula is C13H15N3. The highest BCUT2D eigenvalue weighted by Gasteiger charge is 1.97. The maximum atomic E-state index is 5.71. The Labute approximate surface area is 95.3 Å². The minimum atomic E-state index is 0.727. The molecule has 3 heteroatoms. The van der Waals surface area contributed by atoms with Crippen LogP contribution in [-0.4, -0.2) is 4.98 Å². The highest BCUT2D eigenvalue weighted by molar-refractivity contribution is 5.50. The number of rotatable bonds is 3. The lowest BCUT2D eigenvalue weighted by Crippen LogP contribution is -2.02. The van der Waals surface area contributed by atoms with Crippen molar-refractivity contribution >= 4 is 11.5 Å². The van der Waals surface area contributed by atoms with E-state index < -0.39 is 0 Å². The molecular weight excluding hydrogens is 198 g/mol. The van der Waals surface area contributed by atoms with Gasteiger partial charge in [0, 0.05) is 6.54 Å². The lowest BCUT2D eigenvalue weighted by Gasteiger charge is -2.07. The minimum absolute atomic E-state index is 0.727. The number of benzene rings is 1. The zero-order chi connectivity index (χ0) is 11.4. The summed E-state index contributed by atoms with van der Waals surface area (Å²) in [5.74, 6) is 0.857. The van der Waals surface area contributed by atoms with Crippen LogP contribution in [0.25, 0.3) is 0 Å². The van der Waals surface area contributed by atoms with Crippen LogP contribution in [0.15, 0.2) is 42.6 Å². The van der Waals surface area contributed by atoms with Gasteiger partial charge in [0.05, 0.1) is 11.9 Å². The molecule has 0 unspecified atom stereocenters. The van der Waals surface area contributed by atoms with Crippen LogP contribution >= 0.6 is 0 Å². The van der Waals surface area contributed by atoms with Gasteiger partial charge in [0.15, 0.2) is 0 Å². The Hall–Kier alpha value is -2.03. The summed E-state index contributed by atoms with van der Waals surface area (Å²) in [6.45, 7) is 2.75. The number of nitrogen functional groups attached to an aromatic ring is 1. The molecule has 0 bridgehead atoms. The second-order valence-electron chi connectivity index (χ2n) is 3.77. The van der Waals surface area contributed by atoms with Crippen molar-refractivity contribution in [3.05, 3.63) is 53.7 Å². The molecule has 1 heterocycles. The van der Waals surface area contributed by atoms with Gasteiger partial charge in [-0.3, -0.25) is 0 Å². The number of anilines is 2. The molecule has 0 atom stereocenters. The number of hydrogen-bond acceptors (Lipinski definition) is 3. The first kappa shape index (κ1) is 10.5. The molecule has 0 radical (unpaired) electrons. The molecule has 1 aromatic carbocycles. The maximum Gasteiger partial charge on any atom is 0.126 e. The molecule has 0 saturated carbocycles. The van der Waals surface area contributed by atoms with E-state index in [9.17, 15) is 0 Å². The van der Waals surface area contributed by atoms with Crippen molar-refractivity contribution in [2.75, 3.05) is 11.1 Å². The van der Waals surface area contributed by atoms with Gasteiger partial charge in [0.1, 0.15) is 5.82 Å². The predicted molar refractivity (Wildman–Crippen MR) is 67.2 cm³/mol. The smallest absolute Gasteiger partial charge is 0.126 e. The SMILES string of the molecule is Cc1cc(NCc2ccccc2)ncc1N. The Kier molecular flexibility index (Phi) is 3.05. The standard InChI is InChI=1S/C13H15N3/c1-10-7-13(16-9-12(10)14)15-8-11-5-3-2-4-6-11/h2-7,9H,8,14H2,1H3,(H,15,16). The number of nitrogens with two attached hydrogens (primary N) is 1. The highest BCUT2D eigenvalue weighted by atomic mass is 15.0. The molecule has 82 valence electrons. The highest BCUT2D eigenvalue weighted by Crippen LogP contribution is 2.13. The Bertz CT molecular complexity index is 466. The van der Waals surface area contributed by atoms with E-state index in [0.717, 1.165) is 23.6 Å². The van der Waals surface area contributed by atoms with E-state index in [-0.39, 0.29) is 0 Å². The molecule has 1 aromatic heterocycles. The van der Waals surface area contributed by atoms with E-state index in [1.165, 1.54) is 5.56 Å². The van der Waals surface area contributed by atoms with E-state index in [1.54, 1.807) is 6.20 Å². The number of hydrogen-bond donors (Lipinski definition) is 2. The van der Waals surface area contributed by atoms with Gasteiger partial charge in [-0.1, -0.05) is 30.3 Å². The summed E-state index contributed by atoms with van der Waals surface area (Å²) in [7, 11) is 0. The van der Waals surface area contributed by atoms with Crippen molar-refractivity contribution in [1.29, 1.82) is 0 Å². The van der Waals surface area contributed by atoms with Gasteiger partial charge in [0.2, 0.25) is 0 Å². The van der Waals surface area contributed by atoms with Crippen molar-refractivity contribution in [3.8, 4) is 0 Å². The number of nitrogens with one attached hydrogen (secondary N) is 1. The summed E-state index contributed by atoms with van der Waals surface area (Å²) in [5.41, 5.74) is 8.71. The summed E-state index contributed by atoms with van der Waals surface area (Å²) in [6, 6.07) is 12.2. The largest absolute Gasteiger partial charge is 0.397 e. The third-order valence-electron chi connectivity index (χ3n) is 2.47. The molecule has 0 fully saturated rings. The molecule has 0 amide bonds. The molecule has 0 aliphatic rings. The second-order valence-corrected chi connectivity index (χ2v) is 3.77. The lowest BCUT2D eigenvalue weighted by molar-refractivity contribution is 1.11. The zero-order valence-corrected chi connectivity index (χ0v) is 9.27. The Morgan fingerprint density at radius 1 is 1.25 bits per heavy atom. The average molecular weight is 213 g/mol. The van der Waals surface area contributed by atoms with E-state index >= 15 is 0 Å². The average Bonchev–Trinajstić information content (AvgIpc) is 2.32. The van der Waals surface area contributed by atoms with Gasteiger partial charge in [-0.2, -0.15) is 0 Å². The number of aryl methyl sites for hydroxylation is 1. The molecule has 2 rings (SSSR count). The summed E-state index contributed by atoms with van der Waals surface area (Å²) in [4.78, 5) is 4.22. The van der Waals surface area contributed by atoms with Crippen LogP contribution < -0.4 is 11.1 Å². The molecule has 3 N–H and O–H groups in total. The van der Waals surface area contributed by atoms with E-state index in [4.69, 9.17) is 5.73 Å². The van der Waals surface area contributed by atoms with Gasteiger partial charge in [-0.25, -0.2) is 4.98 Å². The summed E-state index contributed by atoms with van der Waals surface area (Å²) in [6.07, 6.45) is 1.68. The summed E-state index contributed by atoms with van der Waals surface area (Å²) < 4.78 is 0. The lowest BCUT2D eigenvalue weighted by atomic mass is 10.2. The van der Waals surface area contributed by atoms with E-state index in [0.29, 0.717) is 0 Å². The Morgan fingerprint density at radius 3 is 2.69 bits per heavy atom. The quantitative estimate of drug-likeness (QED) is 0.824. The summed E-state index contributed by atoms with van der Waals surface area (Å²) in [5, 5.41) is 3.26. The normalized spacial score (nSPS) is 10.1. The molecule has 0 aliphatic heterocycles. The van der Waals surface area contributed by atoms with Crippen LogP contribution in [0.4, 0.5) is 11.5 Å². The zero-order valence-electron chi connectivity index (χ0n) is 9.27. The van der Waals surface area contributed by atoms with Crippen LogP contribution in [0.3, 0.4) is 0 Å². The molecule has 16 heavy (non-hydrogen) atoms. The van der Waals surface area contributed by atoms with Crippen LogP contribution in [0.2, 0.25) is 0 Å². The van der Waals surface area contributed by atoms with Crippen molar-refractivity contribution in [3.63, 3.8) is 0 Å². The fourth-order valence-electron chi connectivity index (χ4n) is 1.45. The van der Waals surface area contributed by atoms with Gasteiger partial charge >= 0.3 is 0 Å². The third kappa shape index (κ3) is 2.51. The second kappa shape index (κ2) is 4.66. The topological polar surface area (TPSA) is 50.9 Å². The Morgan fingerprint density at radius 2 is 2.00 bits per heavy atom. The maximum absolute atomic E-state index is 5.71. The van der Waals surface area contributed by atoms with E-state index in [2.05, 4.69) is 22.4 Å². The van der Waals surface area contributed by atoms with Crippen LogP contribution in [0.5, 0.6) is 0 Å². The van der Waals surface area contributed by atoms with Crippen molar-refractivity contribution in [2.45, 2.75) is 13.5 Å². The summed E-state index contributed by atoms with van der Waals surface area (Å²) >= 11 is 0. The number of nitrogens with zero attached hydrogens (tertiary/aromatic N) is 1. The van der Waals surface area contributed by atoms with Crippen LogP contribution in [0, 0.1) is 6.92 Å². The third-order valence-corrected chi connectivity index (χ3v) is 2.47. The van der Waals surface area contributed by atoms with Crippen molar-refractivity contribution in [2.24, 2.45) is 0 Å². The Balaban J connectivity index is 2.03. The predicted octanol–water partition coefficient (Wildman–Crippen LogP) is 2.58. The first-order valence-electron chi connectivity index (χ1n) is 5.25. The van der Waals surface area contributed by atoms with Gasteiger partial charge in [0.25, 0.3) is 0 Å². The first-order chi connectivity index (χ1) is 7.75. The molecule has 0 spiro atoms. The molecule has 3 nitrogen and oxygen atoms in total. The fourth-order valence-corrected chi connectivity index (χ4v) is 1.45. The van der Waals surface area contributed by atoms with Crippen molar-refractivity contribution in [1.82, 2.24) is 4.98 Å². The van der Waals surface area contributed by atoms with Gasteiger partial charge in [-0.05, 0) is 24.1 Å². The fraction of sp³-hybridized carbons (Fsp3) is 0.154. The van der Waals surface area contributed by atoms with Crippen LogP contribution in [0.1, 0.15) is 11.1 Å². The van der Waals surface area contributed by atoms with E-state index in [1.807, 2.05) is 31.2 Å². The molecule has 2 aromatic rings. The number of pyridine rings is 1. The number of aromatic nitrogens is 1. The molecule has 0 aliphatic carbocycles.